The number of thioether (sulfide) groups is 1. The number of anilines is 1. The number of carbonyl (C=O) groups excluding carboxylic acids is 3. The number of rotatable bonds is 3. The van der Waals surface area contributed by atoms with Gasteiger partial charge in [0.25, 0.3) is 0 Å². The van der Waals surface area contributed by atoms with Gasteiger partial charge in [-0.1, -0.05) is 17.8 Å². The fourth-order valence-corrected chi connectivity index (χ4v) is 3.88. The minimum absolute atomic E-state index is 0.0219. The van der Waals surface area contributed by atoms with Crippen molar-refractivity contribution in [2.45, 2.75) is 32.7 Å². The summed E-state index contributed by atoms with van der Waals surface area (Å²) in [6.45, 7) is 4.41. The number of amides is 2. The fraction of sp³-hybridized carbons (Fsp3) is 0.471. The van der Waals surface area contributed by atoms with Gasteiger partial charge in [-0.25, -0.2) is 0 Å². The quantitative estimate of drug-likeness (QED) is 0.917. The minimum Gasteiger partial charge on any atom is -0.345 e. The van der Waals surface area contributed by atoms with Crippen LogP contribution in [0.5, 0.6) is 0 Å². The standard InChI is InChI=1S/C17H20N2O3S/c1-10-3-4-13(7-11(10)2)19-9-12(8-15(19)20)16(21)18-14-5-6-23-17(14)22/h3-4,7,12,14H,5-6,8-9H2,1-2H3,(H,18,21)/t12-,14-/m0/s1. The Bertz CT molecular complexity index is 674. The van der Waals surface area contributed by atoms with Gasteiger partial charge in [0.2, 0.25) is 16.9 Å². The number of aryl methyl sites for hydroxylation is 2. The molecular formula is C17H20N2O3S. The van der Waals surface area contributed by atoms with Crippen LogP contribution in [0.1, 0.15) is 24.0 Å². The van der Waals surface area contributed by atoms with Crippen molar-refractivity contribution in [1.82, 2.24) is 5.32 Å². The number of benzene rings is 1. The van der Waals surface area contributed by atoms with Crippen LogP contribution in [-0.2, 0) is 14.4 Å². The molecule has 2 saturated heterocycles. The van der Waals surface area contributed by atoms with Gasteiger partial charge < -0.3 is 10.2 Å². The molecule has 2 amide bonds. The molecule has 5 nitrogen and oxygen atoms in total. The van der Waals surface area contributed by atoms with Gasteiger partial charge in [-0.15, -0.1) is 0 Å². The second-order valence-electron chi connectivity index (χ2n) is 6.19. The number of nitrogens with zero attached hydrogens (tertiary/aromatic N) is 1. The van der Waals surface area contributed by atoms with E-state index < -0.39 is 6.04 Å². The van der Waals surface area contributed by atoms with Gasteiger partial charge in [0.15, 0.2) is 0 Å². The van der Waals surface area contributed by atoms with Crippen molar-refractivity contribution >= 4 is 34.4 Å². The first-order chi connectivity index (χ1) is 11.0. The summed E-state index contributed by atoms with van der Waals surface area (Å²) in [6.07, 6.45) is 0.879. The molecule has 2 aliphatic heterocycles. The first kappa shape index (κ1) is 16.1. The summed E-state index contributed by atoms with van der Waals surface area (Å²) in [4.78, 5) is 37.9. The zero-order chi connectivity index (χ0) is 16.6. The first-order valence-electron chi connectivity index (χ1n) is 7.80. The predicted molar refractivity (Wildman–Crippen MR) is 90.4 cm³/mol. The Morgan fingerprint density at radius 2 is 2.04 bits per heavy atom. The van der Waals surface area contributed by atoms with Crippen molar-refractivity contribution < 1.29 is 14.4 Å². The van der Waals surface area contributed by atoms with Crippen LogP contribution in [0.25, 0.3) is 0 Å². The van der Waals surface area contributed by atoms with Crippen LogP contribution >= 0.6 is 11.8 Å². The molecule has 2 heterocycles. The van der Waals surface area contributed by atoms with E-state index in [0.717, 1.165) is 17.0 Å². The molecule has 2 fully saturated rings. The number of nitrogens with one attached hydrogen (secondary N) is 1. The third-order valence-electron chi connectivity index (χ3n) is 4.55. The first-order valence-corrected chi connectivity index (χ1v) is 8.79. The topological polar surface area (TPSA) is 66.5 Å². The lowest BCUT2D eigenvalue weighted by Gasteiger charge is -2.18. The highest BCUT2D eigenvalue weighted by molar-refractivity contribution is 8.14. The zero-order valence-corrected chi connectivity index (χ0v) is 14.1. The highest BCUT2D eigenvalue weighted by Crippen LogP contribution is 2.27. The highest BCUT2D eigenvalue weighted by Gasteiger charge is 2.37. The van der Waals surface area contributed by atoms with Crippen molar-refractivity contribution in [1.29, 1.82) is 0 Å². The minimum atomic E-state index is -0.390. The molecule has 1 aromatic carbocycles. The molecule has 1 aromatic rings. The molecule has 0 unspecified atom stereocenters. The maximum atomic E-state index is 12.3. The normalized spacial score (nSPS) is 24.3. The SMILES string of the molecule is Cc1ccc(N2C[C@@H](C(=O)N[C@H]3CCSC3=O)CC2=O)cc1C. The summed E-state index contributed by atoms with van der Waals surface area (Å²) in [5.41, 5.74) is 3.13. The van der Waals surface area contributed by atoms with E-state index in [1.807, 2.05) is 32.0 Å². The zero-order valence-electron chi connectivity index (χ0n) is 13.3. The van der Waals surface area contributed by atoms with E-state index in [1.54, 1.807) is 4.90 Å². The Labute approximate surface area is 139 Å². The van der Waals surface area contributed by atoms with Crippen molar-refractivity contribution in [2.24, 2.45) is 5.92 Å². The van der Waals surface area contributed by atoms with Gasteiger partial charge in [-0.3, -0.25) is 14.4 Å². The largest absolute Gasteiger partial charge is 0.345 e. The Morgan fingerprint density at radius 1 is 1.26 bits per heavy atom. The number of carbonyl (C=O) groups is 3. The van der Waals surface area contributed by atoms with E-state index in [0.29, 0.717) is 13.0 Å². The van der Waals surface area contributed by atoms with Crippen molar-refractivity contribution in [3.63, 3.8) is 0 Å². The maximum Gasteiger partial charge on any atom is 0.227 e. The lowest BCUT2D eigenvalue weighted by molar-refractivity contribution is -0.128. The molecule has 0 spiro atoms. The average Bonchev–Trinajstić information content (AvgIpc) is 3.09. The Kier molecular flexibility index (Phi) is 4.43. The maximum absolute atomic E-state index is 12.3. The summed E-state index contributed by atoms with van der Waals surface area (Å²) >= 11 is 1.26. The summed E-state index contributed by atoms with van der Waals surface area (Å²) in [5.74, 6) is 0.135. The summed E-state index contributed by atoms with van der Waals surface area (Å²) in [6, 6.07) is 5.49. The molecule has 122 valence electrons. The molecule has 2 atom stereocenters. The van der Waals surface area contributed by atoms with Crippen LogP contribution in [0.2, 0.25) is 0 Å². The van der Waals surface area contributed by atoms with Crippen molar-refractivity contribution in [2.75, 3.05) is 17.2 Å². The molecule has 0 aliphatic carbocycles. The summed E-state index contributed by atoms with van der Waals surface area (Å²) < 4.78 is 0. The van der Waals surface area contributed by atoms with Gasteiger partial charge in [-0.05, 0) is 43.5 Å². The second kappa shape index (κ2) is 6.35. The molecule has 0 aromatic heterocycles. The van der Waals surface area contributed by atoms with Crippen molar-refractivity contribution in [3.05, 3.63) is 29.3 Å². The number of hydrogen-bond acceptors (Lipinski definition) is 4. The van der Waals surface area contributed by atoms with Crippen LogP contribution in [-0.4, -0.2) is 35.3 Å². The molecule has 0 radical (unpaired) electrons. The van der Waals surface area contributed by atoms with E-state index in [2.05, 4.69) is 5.32 Å². The van der Waals surface area contributed by atoms with Crippen LogP contribution in [0.4, 0.5) is 5.69 Å². The number of hydrogen-bond donors (Lipinski definition) is 1. The van der Waals surface area contributed by atoms with Crippen LogP contribution in [0.15, 0.2) is 18.2 Å². The van der Waals surface area contributed by atoms with E-state index >= 15 is 0 Å². The molecule has 0 bridgehead atoms. The molecule has 23 heavy (non-hydrogen) atoms. The molecule has 2 aliphatic rings. The highest BCUT2D eigenvalue weighted by atomic mass is 32.2. The van der Waals surface area contributed by atoms with Crippen LogP contribution < -0.4 is 10.2 Å². The van der Waals surface area contributed by atoms with Crippen molar-refractivity contribution in [3.8, 4) is 0 Å². The molecule has 6 heteroatoms. The Hall–Kier alpha value is -1.82. The average molecular weight is 332 g/mol. The lowest BCUT2D eigenvalue weighted by Crippen LogP contribution is -2.41. The fourth-order valence-electron chi connectivity index (χ4n) is 2.94. The van der Waals surface area contributed by atoms with Gasteiger partial charge in [0.1, 0.15) is 0 Å². The van der Waals surface area contributed by atoms with E-state index in [1.165, 1.54) is 17.3 Å². The van der Waals surface area contributed by atoms with E-state index in [-0.39, 0.29) is 29.3 Å². The molecule has 0 saturated carbocycles. The smallest absolute Gasteiger partial charge is 0.227 e. The Balaban J connectivity index is 1.68. The molecular weight excluding hydrogens is 312 g/mol. The van der Waals surface area contributed by atoms with Crippen LogP contribution in [0, 0.1) is 19.8 Å². The van der Waals surface area contributed by atoms with Crippen LogP contribution in [0.3, 0.4) is 0 Å². The predicted octanol–water partition coefficient (Wildman–Crippen LogP) is 1.80. The van der Waals surface area contributed by atoms with Gasteiger partial charge in [0.05, 0.1) is 12.0 Å². The molecule has 1 N–H and O–H groups in total. The summed E-state index contributed by atoms with van der Waals surface area (Å²) in [7, 11) is 0. The van der Waals surface area contributed by atoms with Gasteiger partial charge in [-0.2, -0.15) is 0 Å². The monoisotopic (exact) mass is 332 g/mol. The lowest BCUT2D eigenvalue weighted by atomic mass is 10.1. The third-order valence-corrected chi connectivity index (χ3v) is 5.56. The van der Waals surface area contributed by atoms with Gasteiger partial charge in [0, 0.05) is 24.4 Å². The van der Waals surface area contributed by atoms with Gasteiger partial charge >= 0.3 is 0 Å². The third kappa shape index (κ3) is 3.27. The summed E-state index contributed by atoms with van der Waals surface area (Å²) in [5, 5.41) is 2.82. The van der Waals surface area contributed by atoms with E-state index in [4.69, 9.17) is 0 Å². The molecule has 3 rings (SSSR count). The Morgan fingerprint density at radius 3 is 2.70 bits per heavy atom. The second-order valence-corrected chi connectivity index (χ2v) is 7.29. The van der Waals surface area contributed by atoms with E-state index in [9.17, 15) is 14.4 Å².